The summed E-state index contributed by atoms with van der Waals surface area (Å²) in [6, 6.07) is 16.3. The van der Waals surface area contributed by atoms with Crippen molar-refractivity contribution in [3.8, 4) is 17.6 Å². The normalized spacial score (nSPS) is 12.2. The molecule has 0 spiro atoms. The van der Waals surface area contributed by atoms with Crippen LogP contribution in [0.5, 0.6) is 5.75 Å². The number of hydrogen-bond acceptors (Lipinski definition) is 2. The van der Waals surface area contributed by atoms with E-state index in [0.717, 1.165) is 23.3 Å². The summed E-state index contributed by atoms with van der Waals surface area (Å²) in [6.07, 6.45) is 0.864. The quantitative estimate of drug-likeness (QED) is 0.725. The van der Waals surface area contributed by atoms with Gasteiger partial charge in [0.2, 0.25) is 0 Å². The molecule has 0 aliphatic carbocycles. The van der Waals surface area contributed by atoms with Gasteiger partial charge in [0.25, 0.3) is 0 Å². The number of ether oxygens (including phenoxy) is 1. The highest BCUT2D eigenvalue weighted by Crippen LogP contribution is 2.12. The van der Waals surface area contributed by atoms with Crippen LogP contribution in [0.25, 0.3) is 0 Å². The molecule has 0 amide bonds. The second-order valence-electron chi connectivity index (χ2n) is 7.11. The van der Waals surface area contributed by atoms with Gasteiger partial charge in [0, 0.05) is 23.7 Å². The van der Waals surface area contributed by atoms with E-state index in [1.807, 2.05) is 43.3 Å². The van der Waals surface area contributed by atoms with Gasteiger partial charge in [-0.3, -0.25) is 0 Å². The summed E-state index contributed by atoms with van der Waals surface area (Å²) in [4.78, 5) is 0. The second kappa shape index (κ2) is 9.40. The van der Waals surface area contributed by atoms with Crippen LogP contribution in [0.3, 0.4) is 0 Å². The molecule has 0 fully saturated rings. The Bertz CT molecular complexity index is 733. The Balaban J connectivity index is 1.91. The van der Waals surface area contributed by atoms with Crippen molar-refractivity contribution < 1.29 is 9.13 Å². The topological polar surface area (TPSA) is 21.3 Å². The lowest BCUT2D eigenvalue weighted by Crippen LogP contribution is -2.37. The van der Waals surface area contributed by atoms with Crippen molar-refractivity contribution in [2.75, 3.05) is 13.2 Å². The highest BCUT2D eigenvalue weighted by atomic mass is 19.1. The average molecular weight is 353 g/mol. The summed E-state index contributed by atoms with van der Waals surface area (Å²) >= 11 is 0. The standard InChI is InChI=1S/C23H28FNO/c1-5-26-22-14-12-20(13-15-22)7-6-19-8-10-21(11-9-19)16-18(2)25-17-23(3,4)24/h8-15,18,25H,5,16-17H2,1-4H3. The zero-order chi connectivity index (χ0) is 19.0. The van der Waals surface area contributed by atoms with Crippen LogP contribution in [0, 0.1) is 11.8 Å². The van der Waals surface area contributed by atoms with E-state index < -0.39 is 5.67 Å². The molecule has 1 N–H and O–H groups in total. The van der Waals surface area contributed by atoms with E-state index in [0.29, 0.717) is 13.2 Å². The zero-order valence-corrected chi connectivity index (χ0v) is 16.1. The first-order valence-electron chi connectivity index (χ1n) is 9.12. The molecule has 2 nitrogen and oxygen atoms in total. The predicted molar refractivity (Wildman–Crippen MR) is 106 cm³/mol. The maximum atomic E-state index is 13.5. The first kappa shape index (κ1) is 20.0. The first-order valence-corrected chi connectivity index (χ1v) is 9.12. The Morgan fingerprint density at radius 3 is 2.04 bits per heavy atom. The fraction of sp³-hybridized carbons (Fsp3) is 0.391. The molecular weight excluding hydrogens is 325 g/mol. The summed E-state index contributed by atoms with van der Waals surface area (Å²) in [5, 5.41) is 3.23. The van der Waals surface area contributed by atoms with E-state index in [2.05, 4.69) is 36.2 Å². The molecule has 0 radical (unpaired) electrons. The lowest BCUT2D eigenvalue weighted by atomic mass is 10.0. The van der Waals surface area contributed by atoms with Gasteiger partial charge in [0.1, 0.15) is 11.4 Å². The van der Waals surface area contributed by atoms with Gasteiger partial charge in [-0.2, -0.15) is 0 Å². The van der Waals surface area contributed by atoms with Crippen LogP contribution in [0.4, 0.5) is 4.39 Å². The number of rotatable bonds is 7. The minimum atomic E-state index is -1.19. The van der Waals surface area contributed by atoms with Crippen molar-refractivity contribution in [2.45, 2.75) is 45.8 Å². The van der Waals surface area contributed by atoms with Gasteiger partial charge in [-0.1, -0.05) is 24.0 Å². The maximum absolute atomic E-state index is 13.5. The summed E-state index contributed by atoms with van der Waals surface area (Å²) in [5.41, 5.74) is 1.97. The lowest BCUT2D eigenvalue weighted by molar-refractivity contribution is 0.204. The lowest BCUT2D eigenvalue weighted by Gasteiger charge is -2.19. The summed E-state index contributed by atoms with van der Waals surface area (Å²) < 4.78 is 19.0. The van der Waals surface area contributed by atoms with E-state index in [9.17, 15) is 4.39 Å². The van der Waals surface area contributed by atoms with Gasteiger partial charge in [0.05, 0.1) is 6.61 Å². The second-order valence-corrected chi connectivity index (χ2v) is 7.11. The van der Waals surface area contributed by atoms with Gasteiger partial charge in [-0.15, -0.1) is 0 Å². The molecule has 2 rings (SSSR count). The summed E-state index contributed by atoms with van der Waals surface area (Å²) in [7, 11) is 0. The maximum Gasteiger partial charge on any atom is 0.119 e. The number of halogens is 1. The molecule has 0 saturated carbocycles. The first-order chi connectivity index (χ1) is 12.4. The summed E-state index contributed by atoms with van der Waals surface area (Å²) in [6.45, 7) is 8.24. The van der Waals surface area contributed by atoms with Crippen molar-refractivity contribution >= 4 is 0 Å². The molecule has 0 bridgehead atoms. The zero-order valence-electron chi connectivity index (χ0n) is 16.1. The van der Waals surface area contributed by atoms with Gasteiger partial charge in [-0.25, -0.2) is 4.39 Å². The fourth-order valence-corrected chi connectivity index (χ4v) is 2.51. The Hall–Kier alpha value is -2.31. The van der Waals surface area contributed by atoms with Gasteiger partial charge in [-0.05, 0) is 76.1 Å². The van der Waals surface area contributed by atoms with Crippen LogP contribution in [-0.2, 0) is 6.42 Å². The molecule has 1 unspecified atom stereocenters. The number of hydrogen-bond donors (Lipinski definition) is 1. The minimum absolute atomic E-state index is 0.228. The van der Waals surface area contributed by atoms with E-state index >= 15 is 0 Å². The van der Waals surface area contributed by atoms with E-state index in [-0.39, 0.29) is 6.04 Å². The summed E-state index contributed by atoms with van der Waals surface area (Å²) in [5.74, 6) is 7.21. The molecule has 0 aliphatic heterocycles. The molecule has 138 valence electrons. The van der Waals surface area contributed by atoms with E-state index in [1.54, 1.807) is 13.8 Å². The molecule has 0 saturated heterocycles. The number of alkyl halides is 1. The van der Waals surface area contributed by atoms with E-state index in [1.165, 1.54) is 5.56 Å². The third-order valence-electron chi connectivity index (χ3n) is 3.88. The predicted octanol–water partition coefficient (Wildman–Crippen LogP) is 4.75. The van der Waals surface area contributed by atoms with Crippen molar-refractivity contribution in [2.24, 2.45) is 0 Å². The van der Waals surface area contributed by atoms with Crippen LogP contribution in [-0.4, -0.2) is 24.9 Å². The molecule has 0 aromatic heterocycles. The van der Waals surface area contributed by atoms with E-state index in [4.69, 9.17) is 4.74 Å². The van der Waals surface area contributed by atoms with Crippen LogP contribution >= 0.6 is 0 Å². The van der Waals surface area contributed by atoms with Crippen LogP contribution in [0.15, 0.2) is 48.5 Å². The van der Waals surface area contributed by atoms with Crippen LogP contribution in [0.2, 0.25) is 0 Å². The smallest absolute Gasteiger partial charge is 0.119 e. The molecule has 2 aromatic rings. The third-order valence-corrected chi connectivity index (χ3v) is 3.88. The Morgan fingerprint density at radius 2 is 1.54 bits per heavy atom. The van der Waals surface area contributed by atoms with Crippen LogP contribution in [0.1, 0.15) is 44.4 Å². The Kier molecular flexibility index (Phi) is 7.24. The average Bonchev–Trinajstić information content (AvgIpc) is 2.60. The van der Waals surface area contributed by atoms with Gasteiger partial charge < -0.3 is 10.1 Å². The molecule has 26 heavy (non-hydrogen) atoms. The molecule has 0 aliphatic rings. The van der Waals surface area contributed by atoms with Crippen molar-refractivity contribution in [1.29, 1.82) is 0 Å². The Morgan fingerprint density at radius 1 is 1.00 bits per heavy atom. The molecule has 3 heteroatoms. The fourth-order valence-electron chi connectivity index (χ4n) is 2.51. The highest BCUT2D eigenvalue weighted by Gasteiger charge is 2.16. The molecular formula is C23H28FNO. The molecule has 0 heterocycles. The van der Waals surface area contributed by atoms with Crippen molar-refractivity contribution in [3.63, 3.8) is 0 Å². The monoisotopic (exact) mass is 353 g/mol. The third kappa shape index (κ3) is 7.29. The number of nitrogens with one attached hydrogen (secondary N) is 1. The minimum Gasteiger partial charge on any atom is -0.494 e. The van der Waals surface area contributed by atoms with Crippen molar-refractivity contribution in [3.05, 3.63) is 65.2 Å². The number of benzene rings is 2. The van der Waals surface area contributed by atoms with Gasteiger partial charge >= 0.3 is 0 Å². The largest absolute Gasteiger partial charge is 0.494 e. The highest BCUT2D eigenvalue weighted by molar-refractivity contribution is 5.44. The molecule has 1 atom stereocenters. The van der Waals surface area contributed by atoms with Crippen molar-refractivity contribution in [1.82, 2.24) is 5.32 Å². The molecule has 2 aromatic carbocycles. The Labute approximate surface area is 156 Å². The van der Waals surface area contributed by atoms with Gasteiger partial charge in [0.15, 0.2) is 0 Å². The SMILES string of the molecule is CCOc1ccc(C#Cc2ccc(CC(C)NCC(C)(C)F)cc2)cc1. The van der Waals surface area contributed by atoms with Crippen LogP contribution < -0.4 is 10.1 Å².